The van der Waals surface area contributed by atoms with Gasteiger partial charge in [0.15, 0.2) is 0 Å². The van der Waals surface area contributed by atoms with Crippen LogP contribution in [0, 0.1) is 5.92 Å². The van der Waals surface area contributed by atoms with Gasteiger partial charge in [-0.15, -0.1) is 0 Å². The summed E-state index contributed by atoms with van der Waals surface area (Å²) < 4.78 is 9.71. The highest BCUT2D eigenvalue weighted by molar-refractivity contribution is 5.76. The summed E-state index contributed by atoms with van der Waals surface area (Å²) >= 11 is 0. The number of hydrogen-bond donors (Lipinski definition) is 1. The topological polar surface area (TPSA) is 78.6 Å². The minimum atomic E-state index is -0.625. The van der Waals surface area contributed by atoms with E-state index in [0.29, 0.717) is 32.3 Å². The van der Waals surface area contributed by atoms with E-state index >= 15 is 0 Å². The largest absolute Gasteiger partial charge is 0.508 e. The van der Waals surface area contributed by atoms with Crippen LogP contribution in [0.2, 0.25) is 0 Å². The molecule has 0 saturated heterocycles. The first-order valence-electron chi connectivity index (χ1n) is 5.26. The Balaban J connectivity index is 2.25. The molecule has 0 heterocycles. The summed E-state index contributed by atoms with van der Waals surface area (Å²) in [4.78, 5) is 21.9. The molecule has 0 aromatic carbocycles. The lowest BCUT2D eigenvalue weighted by Crippen LogP contribution is -2.31. The van der Waals surface area contributed by atoms with E-state index in [-0.39, 0.29) is 17.9 Å². The fourth-order valence-corrected chi connectivity index (χ4v) is 1.75. The molecule has 86 valence electrons. The lowest BCUT2D eigenvalue weighted by molar-refractivity contribution is -0.123. The standard InChI is InChI=1S/C10H17NO4/c1-2-14-10(13)15-8-5-3-7(4-6-8)9(11)12/h7-8H,2-6H2,1H3,(H2,11,12). The van der Waals surface area contributed by atoms with E-state index in [9.17, 15) is 9.59 Å². The second-order valence-electron chi connectivity index (χ2n) is 3.68. The van der Waals surface area contributed by atoms with Crippen molar-refractivity contribution in [1.82, 2.24) is 0 Å². The van der Waals surface area contributed by atoms with Crippen molar-refractivity contribution in [3.8, 4) is 0 Å². The first-order chi connectivity index (χ1) is 7.13. The van der Waals surface area contributed by atoms with Gasteiger partial charge in [0.05, 0.1) is 6.61 Å². The second-order valence-corrected chi connectivity index (χ2v) is 3.68. The summed E-state index contributed by atoms with van der Waals surface area (Å²) in [6.07, 6.45) is 2.01. The molecule has 15 heavy (non-hydrogen) atoms. The molecule has 0 radical (unpaired) electrons. The van der Waals surface area contributed by atoms with Crippen molar-refractivity contribution in [3.05, 3.63) is 0 Å². The van der Waals surface area contributed by atoms with Gasteiger partial charge < -0.3 is 15.2 Å². The van der Waals surface area contributed by atoms with Crippen LogP contribution in [0.1, 0.15) is 32.6 Å². The van der Waals surface area contributed by atoms with E-state index in [1.54, 1.807) is 6.92 Å². The summed E-state index contributed by atoms with van der Waals surface area (Å²) in [5, 5.41) is 0. The summed E-state index contributed by atoms with van der Waals surface area (Å²) in [5.74, 6) is -0.323. The molecule has 0 bridgehead atoms. The number of carbonyl (C=O) groups excluding carboxylic acids is 2. The van der Waals surface area contributed by atoms with Gasteiger partial charge in [-0.1, -0.05) is 0 Å². The highest BCUT2D eigenvalue weighted by atomic mass is 16.7. The predicted octanol–water partition coefficient (Wildman–Crippen LogP) is 1.20. The minimum Gasteiger partial charge on any atom is -0.435 e. The molecule has 0 aromatic rings. The van der Waals surface area contributed by atoms with Crippen LogP contribution >= 0.6 is 0 Å². The molecule has 0 spiro atoms. The zero-order valence-corrected chi connectivity index (χ0v) is 8.90. The molecular weight excluding hydrogens is 198 g/mol. The van der Waals surface area contributed by atoms with Crippen LogP contribution in [0.25, 0.3) is 0 Å². The summed E-state index contributed by atoms with van der Waals surface area (Å²) in [6, 6.07) is 0. The van der Waals surface area contributed by atoms with Gasteiger partial charge in [0, 0.05) is 5.92 Å². The fourth-order valence-electron chi connectivity index (χ4n) is 1.75. The van der Waals surface area contributed by atoms with Gasteiger partial charge in [0.2, 0.25) is 5.91 Å². The maximum absolute atomic E-state index is 11.0. The molecule has 2 N–H and O–H groups in total. The normalized spacial score (nSPS) is 25.7. The van der Waals surface area contributed by atoms with Crippen LogP contribution in [-0.4, -0.2) is 24.8 Å². The molecule has 0 aromatic heterocycles. The van der Waals surface area contributed by atoms with Crippen molar-refractivity contribution in [2.45, 2.75) is 38.7 Å². The molecule has 1 aliphatic carbocycles. The summed E-state index contributed by atoms with van der Waals surface area (Å²) in [7, 11) is 0. The maximum atomic E-state index is 11.0. The summed E-state index contributed by atoms with van der Waals surface area (Å²) in [5.41, 5.74) is 5.19. The molecule has 5 heteroatoms. The quantitative estimate of drug-likeness (QED) is 0.717. The highest BCUT2D eigenvalue weighted by Crippen LogP contribution is 2.26. The van der Waals surface area contributed by atoms with Crippen LogP contribution in [0.4, 0.5) is 4.79 Å². The number of primary amides is 1. The molecule has 1 amide bonds. The highest BCUT2D eigenvalue weighted by Gasteiger charge is 2.27. The number of nitrogens with two attached hydrogens (primary N) is 1. The van der Waals surface area contributed by atoms with Crippen molar-refractivity contribution in [3.63, 3.8) is 0 Å². The van der Waals surface area contributed by atoms with Crippen LogP contribution in [0.5, 0.6) is 0 Å². The van der Waals surface area contributed by atoms with Crippen molar-refractivity contribution < 1.29 is 19.1 Å². The number of hydrogen-bond acceptors (Lipinski definition) is 4. The number of carbonyl (C=O) groups is 2. The number of amides is 1. The molecular formula is C10H17NO4. The van der Waals surface area contributed by atoms with E-state index in [2.05, 4.69) is 4.74 Å². The average molecular weight is 215 g/mol. The van der Waals surface area contributed by atoms with E-state index in [1.165, 1.54) is 0 Å². The maximum Gasteiger partial charge on any atom is 0.508 e. The van der Waals surface area contributed by atoms with Gasteiger partial charge in [-0.25, -0.2) is 4.79 Å². The molecule has 1 fully saturated rings. The Morgan fingerprint density at radius 2 is 1.87 bits per heavy atom. The van der Waals surface area contributed by atoms with E-state index in [4.69, 9.17) is 10.5 Å². The van der Waals surface area contributed by atoms with E-state index < -0.39 is 6.16 Å². The van der Waals surface area contributed by atoms with Crippen molar-refractivity contribution in [1.29, 1.82) is 0 Å². The monoisotopic (exact) mass is 215 g/mol. The van der Waals surface area contributed by atoms with Crippen molar-refractivity contribution >= 4 is 12.1 Å². The van der Waals surface area contributed by atoms with Gasteiger partial charge in [-0.3, -0.25) is 4.79 Å². The van der Waals surface area contributed by atoms with Crippen LogP contribution < -0.4 is 5.73 Å². The molecule has 0 aliphatic heterocycles. The van der Waals surface area contributed by atoms with Gasteiger partial charge in [0.25, 0.3) is 0 Å². The Morgan fingerprint density at radius 3 is 2.33 bits per heavy atom. The Labute approximate surface area is 88.9 Å². The van der Waals surface area contributed by atoms with Gasteiger partial charge in [-0.05, 0) is 32.6 Å². The minimum absolute atomic E-state index is 0.0629. The fraction of sp³-hybridized carbons (Fsp3) is 0.800. The second kappa shape index (κ2) is 5.58. The molecule has 1 rings (SSSR count). The van der Waals surface area contributed by atoms with Crippen molar-refractivity contribution in [2.75, 3.05) is 6.61 Å². The average Bonchev–Trinajstić information content (AvgIpc) is 2.18. The van der Waals surface area contributed by atoms with Gasteiger partial charge in [-0.2, -0.15) is 0 Å². The van der Waals surface area contributed by atoms with E-state index in [0.717, 1.165) is 0 Å². The smallest absolute Gasteiger partial charge is 0.435 e. The van der Waals surface area contributed by atoms with Crippen LogP contribution in [-0.2, 0) is 14.3 Å². The van der Waals surface area contributed by atoms with Gasteiger partial charge >= 0.3 is 6.16 Å². The molecule has 1 aliphatic rings. The third-order valence-corrected chi connectivity index (χ3v) is 2.60. The zero-order valence-electron chi connectivity index (χ0n) is 8.90. The third kappa shape index (κ3) is 3.77. The SMILES string of the molecule is CCOC(=O)OC1CCC(C(N)=O)CC1. The lowest BCUT2D eigenvalue weighted by Gasteiger charge is -2.25. The first kappa shape index (κ1) is 11.8. The zero-order chi connectivity index (χ0) is 11.3. The predicted molar refractivity (Wildman–Crippen MR) is 53.0 cm³/mol. The Kier molecular flexibility index (Phi) is 4.39. The molecule has 0 atom stereocenters. The summed E-state index contributed by atoms with van der Waals surface area (Å²) in [6.45, 7) is 2.04. The van der Waals surface area contributed by atoms with Gasteiger partial charge in [0.1, 0.15) is 6.10 Å². The number of ether oxygens (including phenoxy) is 2. The van der Waals surface area contributed by atoms with Crippen molar-refractivity contribution in [2.24, 2.45) is 11.7 Å². The Morgan fingerprint density at radius 1 is 1.27 bits per heavy atom. The molecule has 5 nitrogen and oxygen atoms in total. The first-order valence-corrected chi connectivity index (χ1v) is 5.26. The Hall–Kier alpha value is -1.26. The third-order valence-electron chi connectivity index (χ3n) is 2.60. The van der Waals surface area contributed by atoms with Crippen LogP contribution in [0.15, 0.2) is 0 Å². The van der Waals surface area contributed by atoms with Crippen LogP contribution in [0.3, 0.4) is 0 Å². The molecule has 1 saturated carbocycles. The lowest BCUT2D eigenvalue weighted by atomic mass is 9.87. The molecule has 0 unspecified atom stereocenters. The Bertz CT molecular complexity index is 234. The number of rotatable bonds is 3. The van der Waals surface area contributed by atoms with E-state index in [1.807, 2.05) is 0 Å².